The van der Waals surface area contributed by atoms with Crippen LogP contribution in [-0.4, -0.2) is 48.3 Å². The van der Waals surface area contributed by atoms with E-state index in [0.717, 1.165) is 35.7 Å². The molecule has 0 atom stereocenters. The van der Waals surface area contributed by atoms with E-state index in [1.807, 2.05) is 47.5 Å². The molecule has 164 valence electrons. The van der Waals surface area contributed by atoms with Gasteiger partial charge in [0.2, 0.25) is 0 Å². The van der Waals surface area contributed by atoms with Gasteiger partial charge in [-0.15, -0.1) is 10.2 Å². The first-order valence-corrected chi connectivity index (χ1v) is 11.0. The first-order chi connectivity index (χ1) is 15.5. The Hall–Kier alpha value is -3.55. The second-order valence-corrected chi connectivity index (χ2v) is 8.54. The van der Waals surface area contributed by atoms with Gasteiger partial charge in [0.15, 0.2) is 5.65 Å². The van der Waals surface area contributed by atoms with Crippen molar-refractivity contribution in [2.24, 2.45) is 0 Å². The maximum Gasteiger partial charge on any atom is 0.257 e. The van der Waals surface area contributed by atoms with Crippen LogP contribution in [0, 0.1) is 5.82 Å². The summed E-state index contributed by atoms with van der Waals surface area (Å²) in [6.07, 6.45) is 5.30. The van der Waals surface area contributed by atoms with Crippen LogP contribution in [0.2, 0.25) is 0 Å². The van der Waals surface area contributed by atoms with Crippen LogP contribution in [0.5, 0.6) is 0 Å². The summed E-state index contributed by atoms with van der Waals surface area (Å²) in [5.74, 6) is 1.00. The zero-order chi connectivity index (χ0) is 22.2. The molecule has 8 heteroatoms. The van der Waals surface area contributed by atoms with Crippen molar-refractivity contribution in [3.8, 4) is 5.69 Å². The van der Waals surface area contributed by atoms with Crippen molar-refractivity contribution < 1.29 is 9.18 Å². The number of likely N-dealkylation sites (tertiary alicyclic amines) is 1. The van der Waals surface area contributed by atoms with Crippen molar-refractivity contribution in [1.29, 1.82) is 0 Å². The zero-order valence-corrected chi connectivity index (χ0v) is 18.1. The van der Waals surface area contributed by atoms with E-state index in [1.54, 1.807) is 23.0 Å². The molecule has 0 radical (unpaired) electrons. The molecular weight excluding hydrogens is 407 g/mol. The topological polar surface area (TPSA) is 68.3 Å². The molecule has 4 heterocycles. The molecule has 0 unspecified atom stereocenters. The summed E-state index contributed by atoms with van der Waals surface area (Å²) < 4.78 is 17.1. The molecule has 32 heavy (non-hydrogen) atoms. The quantitative estimate of drug-likeness (QED) is 0.485. The van der Waals surface area contributed by atoms with Gasteiger partial charge >= 0.3 is 0 Å². The summed E-state index contributed by atoms with van der Waals surface area (Å²) in [6.45, 7) is 5.39. The van der Waals surface area contributed by atoms with E-state index in [2.05, 4.69) is 15.3 Å². The Labute approximate surface area is 185 Å². The van der Waals surface area contributed by atoms with E-state index < -0.39 is 0 Å². The maximum absolute atomic E-state index is 13.4. The molecular formula is C24H25FN6O. The van der Waals surface area contributed by atoms with Crippen molar-refractivity contribution >= 4 is 11.6 Å². The SMILES string of the molecule is CC(C)c1c(C(=O)N2CCC(c3nnc4ccccn34)CC2)cnn1-c1ccc(F)cc1. The van der Waals surface area contributed by atoms with Crippen LogP contribution in [0.25, 0.3) is 11.3 Å². The first kappa shape index (κ1) is 20.4. The third-order valence-corrected chi connectivity index (χ3v) is 6.14. The lowest BCUT2D eigenvalue weighted by Gasteiger charge is -2.31. The highest BCUT2D eigenvalue weighted by atomic mass is 19.1. The van der Waals surface area contributed by atoms with Crippen LogP contribution in [0.4, 0.5) is 4.39 Å². The Bertz CT molecular complexity index is 1250. The molecule has 1 aliphatic heterocycles. The van der Waals surface area contributed by atoms with Gasteiger partial charge in [0, 0.05) is 25.2 Å². The Morgan fingerprint density at radius 3 is 2.53 bits per heavy atom. The second-order valence-electron chi connectivity index (χ2n) is 8.54. The van der Waals surface area contributed by atoms with Crippen molar-refractivity contribution in [2.75, 3.05) is 13.1 Å². The molecule has 0 saturated carbocycles. The van der Waals surface area contributed by atoms with E-state index in [0.29, 0.717) is 18.7 Å². The van der Waals surface area contributed by atoms with Gasteiger partial charge in [0.1, 0.15) is 11.6 Å². The molecule has 1 aliphatic rings. The molecule has 4 aromatic rings. The number of benzene rings is 1. The molecule has 0 aliphatic carbocycles. The highest BCUT2D eigenvalue weighted by Gasteiger charge is 2.30. The summed E-state index contributed by atoms with van der Waals surface area (Å²) in [6, 6.07) is 12.0. The predicted molar refractivity (Wildman–Crippen MR) is 118 cm³/mol. The second kappa shape index (κ2) is 8.18. The van der Waals surface area contributed by atoms with E-state index in [-0.39, 0.29) is 23.6 Å². The third-order valence-electron chi connectivity index (χ3n) is 6.14. The Kier molecular flexibility index (Phi) is 5.20. The van der Waals surface area contributed by atoms with Crippen LogP contribution in [0.15, 0.2) is 54.9 Å². The van der Waals surface area contributed by atoms with Crippen molar-refractivity contribution in [3.05, 3.63) is 77.8 Å². The number of rotatable bonds is 4. The predicted octanol–water partition coefficient (Wildman–Crippen LogP) is 4.20. The minimum absolute atomic E-state index is 0.00777. The molecule has 0 N–H and O–H groups in total. The fourth-order valence-corrected chi connectivity index (χ4v) is 4.52. The molecule has 5 rings (SSSR count). The smallest absolute Gasteiger partial charge is 0.257 e. The molecule has 0 bridgehead atoms. The van der Waals surface area contributed by atoms with Gasteiger partial charge in [0.25, 0.3) is 5.91 Å². The fraction of sp³-hybridized carbons (Fsp3) is 0.333. The summed E-state index contributed by atoms with van der Waals surface area (Å²) >= 11 is 0. The van der Waals surface area contributed by atoms with Crippen LogP contribution in [-0.2, 0) is 0 Å². The summed E-state index contributed by atoms with van der Waals surface area (Å²) in [4.78, 5) is 15.3. The Morgan fingerprint density at radius 2 is 1.81 bits per heavy atom. The standard InChI is InChI=1S/C24H25FN6O/c1-16(2)22-20(15-26-31(22)19-8-6-18(25)7-9-19)24(32)29-13-10-17(11-14-29)23-28-27-21-5-3-4-12-30(21)23/h3-9,12,15-17H,10-11,13-14H2,1-2H3. The number of aromatic nitrogens is 5. The third kappa shape index (κ3) is 3.55. The number of carbonyl (C=O) groups excluding carboxylic acids is 1. The number of nitrogens with zero attached hydrogens (tertiary/aromatic N) is 6. The monoisotopic (exact) mass is 432 g/mol. The minimum Gasteiger partial charge on any atom is -0.338 e. The lowest BCUT2D eigenvalue weighted by Crippen LogP contribution is -2.38. The normalized spacial score (nSPS) is 15.1. The number of hydrogen-bond acceptors (Lipinski definition) is 4. The van der Waals surface area contributed by atoms with E-state index >= 15 is 0 Å². The Balaban J connectivity index is 1.36. The minimum atomic E-state index is -0.299. The first-order valence-electron chi connectivity index (χ1n) is 11.0. The largest absolute Gasteiger partial charge is 0.338 e. The molecule has 1 amide bonds. The van der Waals surface area contributed by atoms with Gasteiger partial charge in [0.05, 0.1) is 23.1 Å². The maximum atomic E-state index is 13.4. The average Bonchev–Trinajstić information content (AvgIpc) is 3.44. The highest BCUT2D eigenvalue weighted by Crippen LogP contribution is 2.30. The van der Waals surface area contributed by atoms with E-state index in [1.165, 1.54) is 12.1 Å². The molecule has 1 fully saturated rings. The van der Waals surface area contributed by atoms with Gasteiger partial charge in [-0.1, -0.05) is 19.9 Å². The molecule has 1 aromatic carbocycles. The lowest BCUT2D eigenvalue weighted by molar-refractivity contribution is 0.0709. The summed E-state index contributed by atoms with van der Waals surface area (Å²) in [5.41, 5.74) is 3.03. The fourth-order valence-electron chi connectivity index (χ4n) is 4.52. The molecule has 7 nitrogen and oxygen atoms in total. The number of fused-ring (bicyclic) bond motifs is 1. The van der Waals surface area contributed by atoms with Crippen LogP contribution in [0.1, 0.15) is 60.4 Å². The molecule has 3 aromatic heterocycles. The van der Waals surface area contributed by atoms with E-state index in [9.17, 15) is 9.18 Å². The lowest BCUT2D eigenvalue weighted by atomic mass is 9.95. The van der Waals surface area contributed by atoms with Crippen LogP contribution < -0.4 is 0 Å². The van der Waals surface area contributed by atoms with Crippen molar-refractivity contribution in [1.82, 2.24) is 29.3 Å². The Morgan fingerprint density at radius 1 is 1.06 bits per heavy atom. The number of carbonyl (C=O) groups is 1. The van der Waals surface area contributed by atoms with E-state index in [4.69, 9.17) is 0 Å². The van der Waals surface area contributed by atoms with Gasteiger partial charge in [-0.3, -0.25) is 9.20 Å². The number of halogens is 1. The molecule has 1 saturated heterocycles. The van der Waals surface area contributed by atoms with Gasteiger partial charge in [-0.05, 0) is 55.2 Å². The van der Waals surface area contributed by atoms with Crippen molar-refractivity contribution in [3.63, 3.8) is 0 Å². The number of amides is 1. The molecule has 0 spiro atoms. The van der Waals surface area contributed by atoms with Crippen LogP contribution in [0.3, 0.4) is 0 Å². The number of piperidine rings is 1. The highest BCUT2D eigenvalue weighted by molar-refractivity contribution is 5.95. The van der Waals surface area contributed by atoms with Gasteiger partial charge in [-0.2, -0.15) is 5.10 Å². The summed E-state index contributed by atoms with van der Waals surface area (Å²) in [5, 5.41) is 13.1. The number of pyridine rings is 1. The van der Waals surface area contributed by atoms with Gasteiger partial charge in [-0.25, -0.2) is 9.07 Å². The van der Waals surface area contributed by atoms with Gasteiger partial charge < -0.3 is 4.90 Å². The zero-order valence-electron chi connectivity index (χ0n) is 18.1. The average molecular weight is 433 g/mol. The summed E-state index contributed by atoms with van der Waals surface area (Å²) in [7, 11) is 0. The van der Waals surface area contributed by atoms with Crippen LogP contribution >= 0.6 is 0 Å². The number of hydrogen-bond donors (Lipinski definition) is 0. The van der Waals surface area contributed by atoms with Crippen molar-refractivity contribution in [2.45, 2.75) is 38.5 Å².